The van der Waals surface area contributed by atoms with E-state index in [1.54, 1.807) is 24.1 Å². The molecular weight excluding hydrogens is 560 g/mol. The van der Waals surface area contributed by atoms with Crippen LogP contribution in [0.1, 0.15) is 30.1 Å². The molecule has 0 bridgehead atoms. The minimum Gasteiger partial charge on any atom is -0.308 e. The van der Waals surface area contributed by atoms with E-state index in [0.717, 1.165) is 27.5 Å². The van der Waals surface area contributed by atoms with Gasteiger partial charge < -0.3 is 4.90 Å². The van der Waals surface area contributed by atoms with Gasteiger partial charge in [-0.05, 0) is 63.0 Å². The molecule has 0 radical (unpaired) electrons. The first-order chi connectivity index (χ1) is 15.6. The lowest BCUT2D eigenvalue weighted by Gasteiger charge is -2.22. The van der Waals surface area contributed by atoms with E-state index >= 15 is 0 Å². The summed E-state index contributed by atoms with van der Waals surface area (Å²) in [4.78, 5) is 22.0. The number of carbonyl (C=O) groups excluding carboxylic acids is 1. The highest BCUT2D eigenvalue weighted by Gasteiger charge is 2.24. The molecule has 1 amide bonds. The Labute approximate surface area is 220 Å². The molecule has 0 fully saturated rings. The molecule has 0 atom stereocenters. The van der Waals surface area contributed by atoms with Gasteiger partial charge in [0.15, 0.2) is 5.13 Å². The molecule has 0 unspecified atom stereocenters. The fraction of sp³-hybridized carbons (Fsp3) is 0.391. The number of rotatable bonds is 10. The van der Waals surface area contributed by atoms with Gasteiger partial charge in [-0.15, -0.1) is 12.4 Å². The molecule has 7 nitrogen and oxygen atoms in total. The number of amides is 1. The van der Waals surface area contributed by atoms with Crippen LogP contribution in [0.4, 0.5) is 5.13 Å². The zero-order valence-corrected chi connectivity index (χ0v) is 23.7. The third-order valence-corrected chi connectivity index (χ3v) is 8.63. The summed E-state index contributed by atoms with van der Waals surface area (Å²) in [5.74, 6) is -0.210. The second-order valence-corrected chi connectivity index (χ2v) is 12.0. The Morgan fingerprint density at radius 1 is 1.03 bits per heavy atom. The van der Waals surface area contributed by atoms with Gasteiger partial charge >= 0.3 is 0 Å². The van der Waals surface area contributed by atoms with Gasteiger partial charge in [0.05, 0.1) is 15.1 Å². The predicted molar refractivity (Wildman–Crippen MR) is 146 cm³/mol. The normalized spacial score (nSPS) is 11.7. The summed E-state index contributed by atoms with van der Waals surface area (Å²) in [6.45, 7) is 3.62. The Morgan fingerprint density at radius 3 is 2.32 bits per heavy atom. The van der Waals surface area contributed by atoms with Gasteiger partial charge in [-0.2, -0.15) is 0 Å². The third-order valence-electron chi connectivity index (χ3n) is 5.22. The molecule has 0 spiro atoms. The van der Waals surface area contributed by atoms with Gasteiger partial charge in [0, 0.05) is 36.7 Å². The molecule has 1 heterocycles. The quantitative estimate of drug-likeness (QED) is 0.329. The zero-order valence-electron chi connectivity index (χ0n) is 19.7. The van der Waals surface area contributed by atoms with Gasteiger partial charge in [0.1, 0.15) is 0 Å². The Hall–Kier alpha value is -1.56. The maximum atomic E-state index is 13.4. The number of unbranched alkanes of at least 4 members (excludes halogenated alkanes) is 1. The van der Waals surface area contributed by atoms with Crippen molar-refractivity contribution in [2.24, 2.45) is 0 Å². The number of thiazole rings is 1. The summed E-state index contributed by atoms with van der Waals surface area (Å²) >= 11 is 4.94. The number of likely N-dealkylation sites (N-methyl/N-ethyl adjacent to an activating group) is 1. The van der Waals surface area contributed by atoms with E-state index in [2.05, 4.69) is 20.9 Å². The highest BCUT2D eigenvalue weighted by atomic mass is 79.9. The number of anilines is 1. The van der Waals surface area contributed by atoms with Gasteiger partial charge in [0.2, 0.25) is 10.0 Å². The van der Waals surface area contributed by atoms with Crippen LogP contribution in [0.5, 0.6) is 0 Å². The van der Waals surface area contributed by atoms with Crippen LogP contribution in [-0.2, 0) is 10.0 Å². The number of aromatic nitrogens is 1. The van der Waals surface area contributed by atoms with Crippen LogP contribution >= 0.6 is 39.7 Å². The summed E-state index contributed by atoms with van der Waals surface area (Å²) in [6.07, 6.45) is 1.71. The maximum absolute atomic E-state index is 13.4. The molecule has 34 heavy (non-hydrogen) atoms. The second-order valence-electron chi connectivity index (χ2n) is 8.07. The first-order valence-electron chi connectivity index (χ1n) is 10.7. The van der Waals surface area contributed by atoms with Crippen LogP contribution in [0.15, 0.2) is 51.8 Å². The van der Waals surface area contributed by atoms with E-state index in [1.165, 1.54) is 27.8 Å². The molecule has 0 N–H and O–H groups in total. The minimum absolute atomic E-state index is 0. The molecule has 0 saturated carbocycles. The van der Waals surface area contributed by atoms with Crippen LogP contribution in [0, 0.1) is 0 Å². The molecule has 186 valence electrons. The van der Waals surface area contributed by atoms with Crippen molar-refractivity contribution in [1.82, 2.24) is 14.2 Å². The van der Waals surface area contributed by atoms with Crippen molar-refractivity contribution >= 4 is 71.0 Å². The van der Waals surface area contributed by atoms with Gasteiger partial charge in [0.25, 0.3) is 5.91 Å². The van der Waals surface area contributed by atoms with E-state index in [1.807, 2.05) is 44.1 Å². The van der Waals surface area contributed by atoms with Crippen molar-refractivity contribution in [2.75, 3.05) is 45.7 Å². The standard InChI is InChI=1S/C23H29BrN4O3S2.ClH/c1-5-6-13-27(4)33(30,31)19-10-7-17(8-11-19)22(29)28(15-14-26(2)3)23-25-20-12-9-18(24)16-21(20)32-23;/h7-12,16H,5-6,13-15H2,1-4H3;1H. The summed E-state index contributed by atoms with van der Waals surface area (Å²) < 4.78 is 28.9. The molecule has 0 aliphatic carbocycles. The number of carbonyl (C=O) groups is 1. The average Bonchev–Trinajstić information content (AvgIpc) is 3.19. The smallest absolute Gasteiger partial charge is 0.260 e. The van der Waals surface area contributed by atoms with E-state index in [-0.39, 0.29) is 23.2 Å². The largest absolute Gasteiger partial charge is 0.308 e. The highest BCUT2D eigenvalue weighted by Crippen LogP contribution is 2.31. The van der Waals surface area contributed by atoms with Crippen LogP contribution in [0.3, 0.4) is 0 Å². The first-order valence-corrected chi connectivity index (χ1v) is 13.8. The first kappa shape index (κ1) is 28.7. The Bertz CT molecular complexity index is 1220. The van der Waals surface area contributed by atoms with Crippen molar-refractivity contribution in [2.45, 2.75) is 24.7 Å². The molecule has 0 aliphatic heterocycles. The van der Waals surface area contributed by atoms with Crippen LogP contribution in [-0.4, -0.2) is 69.3 Å². The van der Waals surface area contributed by atoms with Crippen LogP contribution in [0.25, 0.3) is 10.2 Å². The highest BCUT2D eigenvalue weighted by molar-refractivity contribution is 9.10. The summed E-state index contributed by atoms with van der Waals surface area (Å²) in [6, 6.07) is 12.0. The summed E-state index contributed by atoms with van der Waals surface area (Å²) in [5, 5.41) is 0.617. The molecule has 0 saturated heterocycles. The van der Waals surface area contributed by atoms with Gasteiger partial charge in [-0.1, -0.05) is 40.6 Å². The topological polar surface area (TPSA) is 73.8 Å². The fourth-order valence-corrected chi connectivity index (χ4v) is 5.94. The van der Waals surface area contributed by atoms with E-state index in [4.69, 9.17) is 0 Å². The van der Waals surface area contributed by atoms with Crippen molar-refractivity contribution < 1.29 is 13.2 Å². The maximum Gasteiger partial charge on any atom is 0.260 e. The number of halogens is 2. The van der Waals surface area contributed by atoms with Gasteiger partial charge in [-0.25, -0.2) is 17.7 Å². The molecule has 0 aliphatic rings. The van der Waals surface area contributed by atoms with E-state index in [9.17, 15) is 13.2 Å². The van der Waals surface area contributed by atoms with Crippen molar-refractivity contribution in [3.63, 3.8) is 0 Å². The Kier molecular flexibility index (Phi) is 10.5. The van der Waals surface area contributed by atoms with Crippen molar-refractivity contribution in [1.29, 1.82) is 0 Å². The number of hydrogen-bond donors (Lipinski definition) is 0. The summed E-state index contributed by atoms with van der Waals surface area (Å²) in [5.41, 5.74) is 1.25. The molecule has 2 aromatic carbocycles. The molecular formula is C23H30BrClN4O3S2. The Balaban J connectivity index is 0.00000408. The summed E-state index contributed by atoms with van der Waals surface area (Å²) in [7, 11) is 1.90. The number of sulfonamides is 1. The lowest BCUT2D eigenvalue weighted by molar-refractivity contribution is 0.0985. The van der Waals surface area contributed by atoms with Crippen LogP contribution < -0.4 is 4.90 Å². The monoisotopic (exact) mass is 588 g/mol. The fourth-order valence-electron chi connectivity index (χ4n) is 3.19. The van der Waals surface area contributed by atoms with E-state index in [0.29, 0.717) is 30.3 Å². The van der Waals surface area contributed by atoms with Crippen molar-refractivity contribution in [3.05, 3.63) is 52.5 Å². The average molecular weight is 590 g/mol. The van der Waals surface area contributed by atoms with Crippen molar-refractivity contribution in [3.8, 4) is 0 Å². The van der Waals surface area contributed by atoms with Gasteiger partial charge in [-0.3, -0.25) is 9.69 Å². The molecule has 3 aromatic rings. The number of nitrogens with zero attached hydrogens (tertiary/aromatic N) is 4. The minimum atomic E-state index is -3.58. The third kappa shape index (κ3) is 6.77. The SMILES string of the molecule is CCCCN(C)S(=O)(=O)c1ccc(C(=O)N(CCN(C)C)c2nc3ccc(Br)cc3s2)cc1.Cl. The lowest BCUT2D eigenvalue weighted by Crippen LogP contribution is -2.36. The number of fused-ring (bicyclic) bond motifs is 1. The van der Waals surface area contributed by atoms with Crippen LogP contribution in [0.2, 0.25) is 0 Å². The second kappa shape index (κ2) is 12.4. The zero-order chi connectivity index (χ0) is 24.2. The Morgan fingerprint density at radius 2 is 1.71 bits per heavy atom. The predicted octanol–water partition coefficient (Wildman–Crippen LogP) is 5.11. The molecule has 3 rings (SSSR count). The number of benzene rings is 2. The molecule has 1 aromatic heterocycles. The lowest BCUT2D eigenvalue weighted by atomic mass is 10.2. The number of hydrogen-bond acceptors (Lipinski definition) is 6. The molecule has 11 heteroatoms. The van der Waals surface area contributed by atoms with E-state index < -0.39 is 10.0 Å².